The molecule has 0 aromatic carbocycles. The quantitative estimate of drug-likeness (QED) is 0.426. The molecule has 12 heavy (non-hydrogen) atoms. The first-order valence-electron chi connectivity index (χ1n) is 2.84. The van der Waals surface area contributed by atoms with Crippen molar-refractivity contribution in [2.75, 3.05) is 0 Å². The predicted octanol–water partition coefficient (Wildman–Crippen LogP) is 0.337. The van der Waals surface area contributed by atoms with Crippen molar-refractivity contribution in [3.05, 3.63) is 28.5 Å². The van der Waals surface area contributed by atoms with Crippen molar-refractivity contribution in [3.63, 3.8) is 0 Å². The maximum absolute atomic E-state index is 7.17. The monoisotopic (exact) mass is 209 g/mol. The van der Waals surface area contributed by atoms with Crippen LogP contribution in [0.25, 0.3) is 0 Å². The van der Waals surface area contributed by atoms with Crippen LogP contribution in [-0.4, -0.2) is 27.4 Å². The minimum Gasteiger partial charge on any atom is -0.402 e. The Labute approximate surface area is 79.6 Å². The van der Waals surface area contributed by atoms with Crippen molar-refractivity contribution in [3.8, 4) is 0 Å². The molecule has 0 aliphatic rings. The fourth-order valence-electron chi connectivity index (χ4n) is 0.366. The van der Waals surface area contributed by atoms with Crippen LogP contribution in [0.5, 0.6) is 0 Å². The summed E-state index contributed by atoms with van der Waals surface area (Å²) in [6.45, 7) is 0. The van der Waals surface area contributed by atoms with Crippen LogP contribution in [-0.2, 0) is 0 Å². The summed E-state index contributed by atoms with van der Waals surface area (Å²) in [5.41, 5.74) is 0. The number of hydrogen-bond acceptors (Lipinski definition) is 4. The average Bonchev–Trinajstić information content (AvgIpc) is 1.94. The highest BCUT2D eigenvalue weighted by Gasteiger charge is 1.92. The molecule has 0 amide bonds. The van der Waals surface area contributed by atoms with Gasteiger partial charge in [0.25, 0.3) is 0 Å². The molecule has 0 aliphatic carbocycles. The van der Waals surface area contributed by atoms with Crippen LogP contribution >= 0.6 is 23.2 Å². The zero-order valence-electron chi connectivity index (χ0n) is 5.85. The third-order valence-electron chi connectivity index (χ3n) is 0.714. The van der Waals surface area contributed by atoms with Crippen LogP contribution in [0.4, 0.5) is 0 Å². The summed E-state index contributed by atoms with van der Waals surface area (Å²) in [7, 11) is -2.17. The number of hydrogen-bond donors (Lipinski definition) is 3. The van der Waals surface area contributed by atoms with Gasteiger partial charge in [-0.3, -0.25) is 0 Å². The highest BCUT2D eigenvalue weighted by atomic mass is 35.5. The van der Waals surface area contributed by atoms with E-state index in [1.165, 1.54) is 0 Å². The molecule has 66 valence electrons. The zero-order valence-corrected chi connectivity index (χ0v) is 7.37. The second-order valence-corrected chi connectivity index (χ2v) is 2.39. The van der Waals surface area contributed by atoms with Crippen molar-refractivity contribution < 1.29 is 15.1 Å². The summed E-state index contributed by atoms with van der Waals surface area (Å²) >= 11 is 11.0. The third kappa shape index (κ3) is 6.39. The van der Waals surface area contributed by atoms with E-state index in [1.54, 1.807) is 18.3 Å². The van der Waals surface area contributed by atoms with Gasteiger partial charge in [-0.05, 0) is 12.1 Å². The summed E-state index contributed by atoms with van der Waals surface area (Å²) in [5.74, 6) is 0. The van der Waals surface area contributed by atoms with E-state index in [1.807, 2.05) is 0 Å². The van der Waals surface area contributed by atoms with Gasteiger partial charge < -0.3 is 15.1 Å². The molecule has 4 nitrogen and oxygen atoms in total. The highest BCUT2D eigenvalue weighted by molar-refractivity contribution is 6.41. The smallest absolute Gasteiger partial charge is 0.402 e. The standard InChI is InChI=1S/C5H3Cl2N.BH3O3/c6-4-2-1-3-8-5(4)7;2-1(3)4/h1-3H;2-4H. The minimum absolute atomic E-state index is 0.356. The lowest BCUT2D eigenvalue weighted by molar-refractivity contribution is 0.278. The number of pyridine rings is 1. The van der Waals surface area contributed by atoms with Gasteiger partial charge in [-0.1, -0.05) is 23.2 Å². The highest BCUT2D eigenvalue weighted by Crippen LogP contribution is 2.16. The Morgan fingerprint density at radius 2 is 1.75 bits per heavy atom. The normalized spacial score (nSPS) is 8.42. The van der Waals surface area contributed by atoms with Crippen LogP contribution in [0.2, 0.25) is 10.2 Å². The van der Waals surface area contributed by atoms with E-state index in [9.17, 15) is 0 Å². The molecular formula is C5H6BCl2NO3. The van der Waals surface area contributed by atoms with Crippen LogP contribution in [0.15, 0.2) is 18.3 Å². The topological polar surface area (TPSA) is 73.6 Å². The maximum atomic E-state index is 7.17. The minimum atomic E-state index is -2.17. The first-order chi connectivity index (χ1) is 5.54. The molecule has 0 saturated carbocycles. The Morgan fingerprint density at radius 1 is 1.25 bits per heavy atom. The van der Waals surface area contributed by atoms with Crippen LogP contribution in [0.3, 0.4) is 0 Å². The molecule has 0 spiro atoms. The van der Waals surface area contributed by atoms with E-state index in [2.05, 4.69) is 4.98 Å². The van der Waals surface area contributed by atoms with Gasteiger partial charge in [0, 0.05) is 6.20 Å². The second-order valence-electron chi connectivity index (χ2n) is 1.62. The van der Waals surface area contributed by atoms with Gasteiger partial charge in [0.1, 0.15) is 5.15 Å². The van der Waals surface area contributed by atoms with E-state index in [0.29, 0.717) is 10.2 Å². The van der Waals surface area contributed by atoms with E-state index < -0.39 is 7.32 Å². The second kappa shape index (κ2) is 6.22. The summed E-state index contributed by atoms with van der Waals surface area (Å²) in [5, 5.41) is 22.4. The first kappa shape index (κ1) is 11.7. The summed E-state index contributed by atoms with van der Waals surface area (Å²) in [6.07, 6.45) is 1.59. The van der Waals surface area contributed by atoms with Crippen molar-refractivity contribution in [2.45, 2.75) is 0 Å². The molecule has 0 unspecified atom stereocenters. The molecular weight excluding hydrogens is 204 g/mol. The molecule has 1 heterocycles. The van der Waals surface area contributed by atoms with Crippen LogP contribution in [0, 0.1) is 0 Å². The molecule has 0 radical (unpaired) electrons. The van der Waals surface area contributed by atoms with Gasteiger partial charge in [0.15, 0.2) is 0 Å². The fourth-order valence-corrected chi connectivity index (χ4v) is 0.607. The Balaban J connectivity index is 0.000000261. The van der Waals surface area contributed by atoms with E-state index >= 15 is 0 Å². The van der Waals surface area contributed by atoms with Crippen LogP contribution in [0.1, 0.15) is 0 Å². The number of halogens is 2. The number of nitrogens with zero attached hydrogens (tertiary/aromatic N) is 1. The summed E-state index contributed by atoms with van der Waals surface area (Å²) < 4.78 is 0. The van der Waals surface area contributed by atoms with Gasteiger partial charge in [-0.15, -0.1) is 0 Å². The summed E-state index contributed by atoms with van der Waals surface area (Å²) in [6, 6.07) is 3.42. The maximum Gasteiger partial charge on any atom is 0.631 e. The van der Waals surface area contributed by atoms with Gasteiger partial charge in [-0.25, -0.2) is 4.98 Å². The Morgan fingerprint density at radius 3 is 2.00 bits per heavy atom. The average molecular weight is 210 g/mol. The molecule has 7 heteroatoms. The molecule has 0 bridgehead atoms. The molecule has 1 aromatic rings. The first-order valence-corrected chi connectivity index (χ1v) is 3.60. The van der Waals surface area contributed by atoms with Gasteiger partial charge in [0.2, 0.25) is 0 Å². The van der Waals surface area contributed by atoms with Gasteiger partial charge in [0.05, 0.1) is 5.02 Å². The van der Waals surface area contributed by atoms with Gasteiger partial charge >= 0.3 is 7.32 Å². The molecule has 3 N–H and O–H groups in total. The lowest BCUT2D eigenvalue weighted by Gasteiger charge is -1.87. The van der Waals surface area contributed by atoms with Crippen molar-refractivity contribution in [1.29, 1.82) is 0 Å². The molecule has 0 saturated heterocycles. The largest absolute Gasteiger partial charge is 0.631 e. The van der Waals surface area contributed by atoms with Crippen molar-refractivity contribution >= 4 is 30.5 Å². The van der Waals surface area contributed by atoms with E-state index in [0.717, 1.165) is 0 Å². The Bertz CT molecular complexity index is 212. The third-order valence-corrected chi connectivity index (χ3v) is 1.42. The number of rotatable bonds is 0. The molecule has 0 atom stereocenters. The van der Waals surface area contributed by atoms with E-state index in [-0.39, 0.29) is 0 Å². The Kier molecular flexibility index (Phi) is 6.05. The molecule has 0 aliphatic heterocycles. The van der Waals surface area contributed by atoms with Gasteiger partial charge in [-0.2, -0.15) is 0 Å². The molecule has 1 rings (SSSR count). The SMILES string of the molecule is Clc1cccnc1Cl.OB(O)O. The lowest BCUT2D eigenvalue weighted by atomic mass is 10.3. The number of aromatic nitrogens is 1. The molecule has 0 fully saturated rings. The zero-order chi connectivity index (χ0) is 9.56. The van der Waals surface area contributed by atoms with Crippen molar-refractivity contribution in [1.82, 2.24) is 4.98 Å². The predicted molar refractivity (Wildman–Crippen MR) is 46.7 cm³/mol. The van der Waals surface area contributed by atoms with E-state index in [4.69, 9.17) is 38.3 Å². The van der Waals surface area contributed by atoms with Crippen molar-refractivity contribution in [2.24, 2.45) is 0 Å². The fraction of sp³-hybridized carbons (Fsp3) is 0. The lowest BCUT2D eigenvalue weighted by Crippen LogP contribution is -2.07. The summed E-state index contributed by atoms with van der Waals surface area (Å²) in [4.78, 5) is 3.71. The van der Waals surface area contributed by atoms with Crippen LogP contribution < -0.4 is 0 Å². The Hall–Kier alpha value is -0.325. The molecule has 1 aromatic heterocycles.